The number of anilines is 2. The number of alkyl halides is 1. The molecule has 10 atom stereocenters. The highest BCUT2D eigenvalue weighted by Crippen LogP contribution is 2.60. The topological polar surface area (TPSA) is 276 Å². The summed E-state index contributed by atoms with van der Waals surface area (Å²) in [6.45, 7) is -5.74. The number of aliphatic hydroxyl groups is 1. The van der Waals surface area contributed by atoms with Crippen LogP contribution >= 0.6 is 26.0 Å². The predicted octanol–water partition coefficient (Wildman–Crippen LogP) is -0.928. The second kappa shape index (κ2) is 11.2. The van der Waals surface area contributed by atoms with Crippen LogP contribution in [0.15, 0.2) is 17.4 Å². The fourth-order valence-corrected chi connectivity index (χ4v) is 9.02. The predicted molar refractivity (Wildman–Crippen MR) is 156 cm³/mol. The third kappa shape index (κ3) is 4.93. The van der Waals surface area contributed by atoms with E-state index in [1.807, 2.05) is 0 Å². The number of hydrogen-bond acceptors (Lipinski definition) is 17. The van der Waals surface area contributed by atoms with Crippen LogP contribution in [0.25, 0.3) is 22.3 Å². The molecule has 240 valence electrons. The summed E-state index contributed by atoms with van der Waals surface area (Å²) in [7, 11) is -2.48. The lowest BCUT2D eigenvalue weighted by Gasteiger charge is -2.33. The molecule has 3 aliphatic heterocycles. The first-order valence-corrected chi connectivity index (χ1v) is 18.0. The van der Waals surface area contributed by atoms with E-state index in [1.54, 1.807) is 0 Å². The molecule has 0 aromatic carbocycles. The number of nitrogen functional groups attached to an aromatic ring is 2. The highest BCUT2D eigenvalue weighted by Gasteiger charge is 2.67. The van der Waals surface area contributed by atoms with Crippen LogP contribution < -0.4 is 17.0 Å². The highest BCUT2D eigenvalue weighted by molar-refractivity contribution is 8.39. The monoisotopic (exact) mass is 706 g/mol. The van der Waals surface area contributed by atoms with E-state index in [0.717, 1.165) is 4.68 Å². The lowest BCUT2D eigenvalue weighted by atomic mass is 10.0. The molecule has 20 nitrogen and oxygen atoms in total. The zero-order valence-corrected chi connectivity index (χ0v) is 25.9. The van der Waals surface area contributed by atoms with Gasteiger partial charge in [-0.15, -0.1) is 9.62 Å². The van der Waals surface area contributed by atoms with Crippen molar-refractivity contribution in [3.63, 3.8) is 0 Å². The van der Waals surface area contributed by atoms with E-state index >= 15 is 4.39 Å². The Labute approximate surface area is 260 Å². The summed E-state index contributed by atoms with van der Waals surface area (Å²) in [6.07, 6.45) is -5.26. The molecule has 7 N–H and O–H groups in total. The van der Waals surface area contributed by atoms with E-state index < -0.39 is 80.7 Å². The van der Waals surface area contributed by atoms with Crippen molar-refractivity contribution >= 4 is 71.9 Å². The van der Waals surface area contributed by atoms with E-state index in [2.05, 4.69) is 47.5 Å². The van der Waals surface area contributed by atoms with Crippen molar-refractivity contribution < 1.29 is 42.2 Å². The van der Waals surface area contributed by atoms with E-state index in [1.165, 1.54) is 17.2 Å². The van der Waals surface area contributed by atoms with Crippen molar-refractivity contribution in [2.45, 2.75) is 48.2 Å². The summed E-state index contributed by atoms with van der Waals surface area (Å²) in [5, 5.41) is 17.4. The van der Waals surface area contributed by atoms with Crippen molar-refractivity contribution in [3.8, 4) is 0 Å². The Balaban J connectivity index is 1.20. The van der Waals surface area contributed by atoms with Gasteiger partial charge in [0.25, 0.3) is 5.56 Å². The summed E-state index contributed by atoms with van der Waals surface area (Å²) < 4.78 is 59.9. The van der Waals surface area contributed by atoms with Crippen molar-refractivity contribution in [1.82, 2.24) is 44.5 Å². The average Bonchev–Trinajstić information content (AvgIpc) is 3.79. The van der Waals surface area contributed by atoms with Gasteiger partial charge in [-0.3, -0.25) is 14.3 Å². The van der Waals surface area contributed by atoms with Crippen LogP contribution in [0.2, 0.25) is 0 Å². The molecular weight excluding hydrogens is 683 g/mol. The quantitative estimate of drug-likeness (QED) is 0.0906. The smallest absolute Gasteiger partial charge is 0.394 e. The number of H-pyrrole nitrogens is 1. The second-order valence-corrected chi connectivity index (χ2v) is 15.6. The minimum atomic E-state index is -4.27. The minimum absolute atomic E-state index is 0.131. The van der Waals surface area contributed by atoms with E-state index in [-0.39, 0.29) is 29.5 Å². The zero-order chi connectivity index (χ0) is 31.8. The van der Waals surface area contributed by atoms with Crippen LogP contribution in [0.3, 0.4) is 0 Å². The Kier molecular flexibility index (Phi) is 7.64. The number of thiol groups is 1. The van der Waals surface area contributed by atoms with Gasteiger partial charge in [-0.05, 0) is 16.4 Å². The summed E-state index contributed by atoms with van der Waals surface area (Å²) in [6, 6.07) is 0. The van der Waals surface area contributed by atoms with E-state index in [4.69, 9.17) is 46.5 Å². The van der Waals surface area contributed by atoms with Gasteiger partial charge in [-0.1, -0.05) is 5.21 Å². The number of fused-ring (bicyclic) bond motifs is 4. The maximum atomic E-state index is 15.8. The molecule has 3 fully saturated rings. The van der Waals surface area contributed by atoms with Gasteiger partial charge in [0.15, 0.2) is 53.3 Å². The van der Waals surface area contributed by atoms with Crippen LogP contribution in [-0.2, 0) is 39.6 Å². The SMILES string of the molecule is Nc1nc2c(nnn2[C@@H]2OC(CO)[C@H](F)[C@H]2P(O)(=S)OC[C@@]23CO[C@@H]([C@H](n4cnc5c(N)ncnc54)O2)[C@@H]3O[P+](=O)S)c(=O)[nH]1. The molecule has 0 saturated carbocycles. The molecule has 7 heterocycles. The number of nitrogens with zero attached hydrogens (tertiary/aromatic N) is 8. The van der Waals surface area contributed by atoms with Crippen molar-refractivity contribution in [3.05, 3.63) is 23.0 Å². The Hall–Kier alpha value is -2.82. The van der Waals surface area contributed by atoms with Crippen LogP contribution in [0.4, 0.5) is 16.2 Å². The first-order chi connectivity index (χ1) is 21.4. The van der Waals surface area contributed by atoms with Gasteiger partial charge in [0, 0.05) is 0 Å². The number of aromatic amines is 1. The number of hydrogen-bond donors (Lipinski definition) is 6. The second-order valence-electron chi connectivity index (χ2n) is 10.4. The molecule has 2 bridgehead atoms. The molecule has 3 aliphatic rings. The van der Waals surface area contributed by atoms with Crippen molar-refractivity contribution in [1.29, 1.82) is 0 Å². The fourth-order valence-electron chi connectivity index (χ4n) is 5.74. The van der Waals surface area contributed by atoms with Crippen LogP contribution in [0.5, 0.6) is 0 Å². The van der Waals surface area contributed by atoms with Gasteiger partial charge >= 0.3 is 7.23 Å². The summed E-state index contributed by atoms with van der Waals surface area (Å²) in [4.78, 5) is 42.6. The molecule has 0 radical (unpaired) electrons. The Morgan fingerprint density at radius 3 is 2.84 bits per heavy atom. The van der Waals surface area contributed by atoms with Crippen molar-refractivity contribution in [2.24, 2.45) is 0 Å². The first-order valence-electron chi connectivity index (χ1n) is 13.0. The maximum Gasteiger partial charge on any atom is 0.582 e. The summed E-state index contributed by atoms with van der Waals surface area (Å²) in [5.74, 6) is -0.150. The lowest BCUT2D eigenvalue weighted by Crippen LogP contribution is -2.45. The number of nitrogens with one attached hydrogen (secondary N) is 1. The van der Waals surface area contributed by atoms with Gasteiger partial charge in [0.05, 0.1) is 26.1 Å². The van der Waals surface area contributed by atoms with Crippen molar-refractivity contribution in [2.75, 3.05) is 31.3 Å². The molecule has 4 aromatic rings. The van der Waals surface area contributed by atoms with E-state index in [0.29, 0.717) is 11.2 Å². The summed E-state index contributed by atoms with van der Waals surface area (Å²) in [5.41, 5.74) is 7.92. The summed E-state index contributed by atoms with van der Waals surface area (Å²) >= 11 is 9.36. The third-order valence-electron chi connectivity index (χ3n) is 7.77. The van der Waals surface area contributed by atoms with Gasteiger partial charge in [0.1, 0.15) is 48.1 Å². The molecule has 7 rings (SSSR count). The Bertz CT molecular complexity index is 1930. The van der Waals surface area contributed by atoms with Crippen LogP contribution in [0, 0.1) is 0 Å². The number of aromatic nitrogens is 9. The standard InChI is InChI=1S/C20H22FN11O9P2S2/c21-7-6(1-33)39-18(32-15-9(29-30-32)16(34)28-19(23)27-15)11(7)43(36,45)38-3-20-2-37-10(12(20)41-42(35)44)17(40-20)31-5-26-8-13(22)24-4-25-14(8)31/h4-7,10-12,17-18,33H,1-3H2,(H6-,22,23,24,25,27,28,30,34,35,36,44,45)/p+1/t6?,7-,10+,11+,12-,17+,18+,20+,43?/m0/s1. The largest absolute Gasteiger partial charge is 0.582 e. The molecule has 0 amide bonds. The molecule has 0 aliphatic carbocycles. The van der Waals surface area contributed by atoms with Crippen LogP contribution in [-0.4, -0.2) is 110 Å². The highest BCUT2D eigenvalue weighted by atomic mass is 32.7. The Morgan fingerprint density at radius 1 is 1.29 bits per heavy atom. The normalized spacial score (nSPS) is 32.9. The molecule has 0 spiro atoms. The molecule has 4 aromatic heterocycles. The number of ether oxygens (including phenoxy) is 3. The van der Waals surface area contributed by atoms with E-state index in [9.17, 15) is 19.4 Å². The third-order valence-corrected chi connectivity index (χ3v) is 11.3. The average molecular weight is 707 g/mol. The molecule has 25 heteroatoms. The fraction of sp³-hybridized carbons (Fsp3) is 0.550. The number of aliphatic hydroxyl groups excluding tert-OH is 1. The van der Waals surface area contributed by atoms with Gasteiger partial charge in [-0.25, -0.2) is 19.3 Å². The molecule has 45 heavy (non-hydrogen) atoms. The minimum Gasteiger partial charge on any atom is -0.394 e. The first kappa shape index (κ1) is 30.8. The maximum absolute atomic E-state index is 15.8. The Morgan fingerprint density at radius 2 is 2.09 bits per heavy atom. The van der Waals surface area contributed by atoms with Gasteiger partial charge in [0.2, 0.25) is 5.95 Å². The van der Waals surface area contributed by atoms with Crippen LogP contribution in [0.1, 0.15) is 12.5 Å². The zero-order valence-electron chi connectivity index (χ0n) is 22.4. The molecule has 3 saturated heterocycles. The number of halogens is 1. The van der Waals surface area contributed by atoms with Gasteiger partial charge in [-0.2, -0.15) is 9.67 Å². The molecule has 3 unspecified atom stereocenters. The number of rotatable bonds is 9. The molecular formula is C20H23FN11O9P2S2+. The number of nitrogens with two attached hydrogens (primary N) is 2. The lowest BCUT2D eigenvalue weighted by molar-refractivity contribution is -0.182. The number of imidazole rings is 1. The van der Waals surface area contributed by atoms with Gasteiger partial charge < -0.3 is 40.2 Å².